The Labute approximate surface area is 218 Å². The number of fused-ring (bicyclic) bond motifs is 1. The van der Waals surface area contributed by atoms with E-state index in [0.717, 1.165) is 12.1 Å². The van der Waals surface area contributed by atoms with Gasteiger partial charge in [0.15, 0.2) is 22.3 Å². The molecule has 1 aromatic heterocycles. The van der Waals surface area contributed by atoms with Gasteiger partial charge in [-0.2, -0.15) is 0 Å². The maximum Gasteiger partial charge on any atom is 0.261 e. The summed E-state index contributed by atoms with van der Waals surface area (Å²) in [7, 11) is 1.45. The van der Waals surface area contributed by atoms with E-state index in [1.807, 2.05) is 0 Å². The largest absolute Gasteiger partial charge is 0.495 e. The number of ether oxygens (including phenoxy) is 1. The average Bonchev–Trinajstić information content (AvgIpc) is 3.18. The number of nitrogens with zero attached hydrogens (tertiary/aromatic N) is 1. The Morgan fingerprint density at radius 3 is 2.62 bits per heavy atom. The lowest BCUT2D eigenvalue weighted by Gasteiger charge is -2.13. The number of carbonyl (C=O) groups is 1. The maximum absolute atomic E-state index is 13.7. The fourth-order valence-electron chi connectivity index (χ4n) is 3.08. The minimum atomic E-state index is -1.07. The van der Waals surface area contributed by atoms with Crippen molar-refractivity contribution in [1.82, 2.24) is 10.3 Å². The summed E-state index contributed by atoms with van der Waals surface area (Å²) in [5, 5.41) is 5.49. The van der Waals surface area contributed by atoms with Crippen molar-refractivity contribution < 1.29 is 22.7 Å². The molecule has 2 N–H and O–H groups in total. The zero-order valence-electron chi connectivity index (χ0n) is 17.0. The molecule has 0 unspecified atom stereocenters. The van der Waals surface area contributed by atoms with Crippen LogP contribution in [0, 0.1) is 11.6 Å². The summed E-state index contributed by atoms with van der Waals surface area (Å²) in [6.45, 7) is 0. The van der Waals surface area contributed by atoms with Gasteiger partial charge in [0, 0.05) is 10.2 Å². The van der Waals surface area contributed by atoms with E-state index in [1.165, 1.54) is 7.11 Å². The van der Waals surface area contributed by atoms with Crippen LogP contribution in [0.5, 0.6) is 5.75 Å². The van der Waals surface area contributed by atoms with Crippen LogP contribution in [-0.2, 0) is 0 Å². The normalized spacial score (nSPS) is 10.9. The summed E-state index contributed by atoms with van der Waals surface area (Å²) < 4.78 is 39.2. The van der Waals surface area contributed by atoms with E-state index >= 15 is 0 Å². The zero-order valence-corrected chi connectivity index (χ0v) is 21.8. The highest BCUT2D eigenvalue weighted by Crippen LogP contribution is 2.34. The molecule has 0 aliphatic heterocycles. The Hall–Kier alpha value is -2.60. The van der Waals surface area contributed by atoms with Crippen LogP contribution in [0.3, 0.4) is 0 Å². The molecule has 0 spiro atoms. The van der Waals surface area contributed by atoms with Crippen LogP contribution in [-0.4, -0.2) is 23.1 Å². The summed E-state index contributed by atoms with van der Waals surface area (Å²) in [4.78, 5) is 17.0. The summed E-state index contributed by atoms with van der Waals surface area (Å²) >= 11 is 18.0. The third kappa shape index (κ3) is 5.07. The molecule has 0 aliphatic carbocycles. The van der Waals surface area contributed by atoms with Gasteiger partial charge in [-0.1, -0.05) is 27.5 Å². The molecule has 0 fully saturated rings. The fraction of sp³-hybridized carbons (Fsp3) is 0.0455. The number of thiocarbonyl (C=S) groups is 1. The predicted octanol–water partition coefficient (Wildman–Crippen LogP) is 7.09. The van der Waals surface area contributed by atoms with Crippen LogP contribution in [0.25, 0.3) is 22.6 Å². The van der Waals surface area contributed by atoms with Crippen molar-refractivity contribution in [1.29, 1.82) is 0 Å². The van der Waals surface area contributed by atoms with Crippen molar-refractivity contribution >= 4 is 83.5 Å². The second-order valence-electron chi connectivity index (χ2n) is 6.82. The maximum atomic E-state index is 13.7. The minimum Gasteiger partial charge on any atom is -0.495 e. The molecular weight excluding hydrogens is 620 g/mol. The second kappa shape index (κ2) is 9.95. The third-order valence-electron chi connectivity index (χ3n) is 4.57. The summed E-state index contributed by atoms with van der Waals surface area (Å²) in [5.74, 6) is -2.23. The minimum absolute atomic E-state index is 0.0271. The number of aromatic nitrogens is 1. The number of anilines is 1. The van der Waals surface area contributed by atoms with E-state index in [9.17, 15) is 13.6 Å². The van der Waals surface area contributed by atoms with Crippen molar-refractivity contribution in [2.24, 2.45) is 0 Å². The number of halogens is 5. The molecule has 6 nitrogen and oxygen atoms in total. The van der Waals surface area contributed by atoms with E-state index in [4.69, 9.17) is 33.0 Å². The van der Waals surface area contributed by atoms with E-state index in [1.54, 1.807) is 30.3 Å². The molecule has 4 aromatic rings. The number of amides is 1. The van der Waals surface area contributed by atoms with Crippen molar-refractivity contribution in [3.63, 3.8) is 0 Å². The van der Waals surface area contributed by atoms with Crippen LogP contribution in [0.4, 0.5) is 14.5 Å². The van der Waals surface area contributed by atoms with Gasteiger partial charge in [-0.05, 0) is 70.6 Å². The molecule has 0 radical (unpaired) electrons. The number of hydrogen-bond donors (Lipinski definition) is 2. The Morgan fingerprint density at radius 2 is 1.88 bits per heavy atom. The lowest BCUT2D eigenvalue weighted by molar-refractivity contribution is 0.0974. The van der Waals surface area contributed by atoms with Gasteiger partial charge in [0.2, 0.25) is 5.89 Å². The van der Waals surface area contributed by atoms with Gasteiger partial charge in [0.1, 0.15) is 11.3 Å². The predicted molar refractivity (Wildman–Crippen MR) is 136 cm³/mol. The van der Waals surface area contributed by atoms with Crippen LogP contribution >= 0.6 is 55.7 Å². The van der Waals surface area contributed by atoms with Crippen molar-refractivity contribution in [2.45, 2.75) is 0 Å². The summed E-state index contributed by atoms with van der Waals surface area (Å²) in [6, 6.07) is 10.0. The smallest absolute Gasteiger partial charge is 0.261 e. The molecule has 0 bridgehead atoms. The van der Waals surface area contributed by atoms with Gasteiger partial charge in [-0.3, -0.25) is 10.1 Å². The van der Waals surface area contributed by atoms with Crippen molar-refractivity contribution in [3.05, 3.63) is 73.6 Å². The Balaban J connectivity index is 1.54. The van der Waals surface area contributed by atoms with Gasteiger partial charge in [0.05, 0.1) is 27.7 Å². The standard InChI is InChI=1S/C22H12Br2ClF2N3O3S/c1-32-19-12(4-9(23)5-13(19)24)20(31)30-22(34)28-10-2-3-18-17(6-10)29-21(33-18)11-7-15(26)16(27)8-14(11)25/h2-8H,1H3,(H2,28,30,31,34). The highest BCUT2D eigenvalue weighted by atomic mass is 79.9. The average molecular weight is 632 g/mol. The number of oxazole rings is 1. The monoisotopic (exact) mass is 629 g/mol. The summed E-state index contributed by atoms with van der Waals surface area (Å²) in [6.07, 6.45) is 0. The lowest BCUT2D eigenvalue weighted by Crippen LogP contribution is -2.34. The molecule has 0 aliphatic rings. The van der Waals surface area contributed by atoms with Crippen LogP contribution < -0.4 is 15.4 Å². The first-order chi connectivity index (χ1) is 16.2. The summed E-state index contributed by atoms with van der Waals surface area (Å²) in [5.41, 5.74) is 1.69. The highest BCUT2D eigenvalue weighted by molar-refractivity contribution is 9.11. The molecule has 12 heteroatoms. The Morgan fingerprint density at radius 1 is 1.15 bits per heavy atom. The molecule has 34 heavy (non-hydrogen) atoms. The first-order valence-electron chi connectivity index (χ1n) is 9.37. The Kier molecular flexibility index (Phi) is 7.17. The molecule has 174 valence electrons. The molecular formula is C22H12Br2ClF2N3O3S. The van der Waals surface area contributed by atoms with E-state index in [-0.39, 0.29) is 27.2 Å². The number of nitrogens with one attached hydrogen (secondary N) is 2. The third-order valence-corrected chi connectivity index (χ3v) is 6.13. The Bertz CT molecular complexity index is 1470. The molecule has 1 heterocycles. The lowest BCUT2D eigenvalue weighted by atomic mass is 10.2. The van der Waals surface area contributed by atoms with Gasteiger partial charge in [-0.25, -0.2) is 13.8 Å². The van der Waals surface area contributed by atoms with E-state index < -0.39 is 17.5 Å². The van der Waals surface area contributed by atoms with Crippen LogP contribution in [0.15, 0.2) is 55.8 Å². The number of hydrogen-bond acceptors (Lipinski definition) is 5. The fourth-order valence-corrected chi connectivity index (χ4v) is 4.90. The van der Waals surface area contributed by atoms with Crippen molar-refractivity contribution in [2.75, 3.05) is 12.4 Å². The molecule has 0 saturated carbocycles. The molecule has 1 amide bonds. The SMILES string of the molecule is COc1c(Br)cc(Br)cc1C(=O)NC(=S)Nc1ccc2oc(-c3cc(F)c(F)cc3Cl)nc2c1. The number of carbonyl (C=O) groups excluding carboxylic acids is 1. The number of methoxy groups -OCH3 is 1. The molecule has 3 aromatic carbocycles. The second-order valence-corrected chi connectivity index (χ2v) is 9.41. The topological polar surface area (TPSA) is 76.4 Å². The molecule has 4 rings (SSSR count). The highest BCUT2D eigenvalue weighted by Gasteiger charge is 2.19. The first kappa shape index (κ1) is 24.5. The van der Waals surface area contributed by atoms with Crippen LogP contribution in [0.1, 0.15) is 10.4 Å². The first-order valence-corrected chi connectivity index (χ1v) is 11.7. The van der Waals surface area contributed by atoms with E-state index in [2.05, 4.69) is 47.5 Å². The van der Waals surface area contributed by atoms with Gasteiger partial charge in [-0.15, -0.1) is 0 Å². The number of benzene rings is 3. The number of rotatable bonds is 4. The quantitative estimate of drug-likeness (QED) is 0.185. The van der Waals surface area contributed by atoms with Gasteiger partial charge in [0.25, 0.3) is 5.91 Å². The van der Waals surface area contributed by atoms with Crippen LogP contribution in [0.2, 0.25) is 5.02 Å². The molecule has 0 atom stereocenters. The van der Waals surface area contributed by atoms with Gasteiger partial charge >= 0.3 is 0 Å². The molecule has 0 saturated heterocycles. The van der Waals surface area contributed by atoms with Crippen molar-refractivity contribution in [3.8, 4) is 17.2 Å². The van der Waals surface area contributed by atoms with E-state index in [0.29, 0.717) is 31.5 Å². The zero-order chi connectivity index (χ0) is 24.6. The van der Waals surface area contributed by atoms with Gasteiger partial charge < -0.3 is 14.5 Å².